The maximum Gasteiger partial charge on any atom is 0.0458 e. The van der Waals surface area contributed by atoms with Crippen LogP contribution in [0.1, 0.15) is 38.4 Å². The van der Waals surface area contributed by atoms with E-state index in [1.165, 1.54) is 35.9 Å². The minimum Gasteiger partial charge on any atom is -0.358 e. The van der Waals surface area contributed by atoms with Crippen molar-refractivity contribution in [3.8, 4) is 0 Å². The van der Waals surface area contributed by atoms with Crippen LogP contribution in [0, 0.1) is 11.3 Å². The number of aromatic nitrogens is 1. The lowest BCUT2D eigenvalue weighted by molar-refractivity contribution is 0.216. The maximum atomic E-state index is 3.59. The van der Waals surface area contributed by atoms with E-state index in [4.69, 9.17) is 0 Å². The van der Waals surface area contributed by atoms with Crippen LogP contribution in [-0.4, -0.2) is 4.98 Å². The van der Waals surface area contributed by atoms with Crippen LogP contribution in [0.5, 0.6) is 0 Å². The van der Waals surface area contributed by atoms with Gasteiger partial charge < -0.3 is 4.98 Å². The van der Waals surface area contributed by atoms with E-state index >= 15 is 0 Å². The molecule has 17 heavy (non-hydrogen) atoms. The fourth-order valence-electron chi connectivity index (χ4n) is 3.11. The number of hydrogen-bond acceptors (Lipinski definition) is 0. The summed E-state index contributed by atoms with van der Waals surface area (Å²) < 4.78 is 0. The van der Waals surface area contributed by atoms with E-state index in [0.29, 0.717) is 5.41 Å². The smallest absolute Gasteiger partial charge is 0.0458 e. The van der Waals surface area contributed by atoms with Gasteiger partial charge in [-0.25, -0.2) is 0 Å². The molecule has 2 aromatic rings. The van der Waals surface area contributed by atoms with Crippen molar-refractivity contribution >= 4 is 10.9 Å². The average Bonchev–Trinajstić information content (AvgIpc) is 2.65. The summed E-state index contributed by atoms with van der Waals surface area (Å²) in [4.78, 5) is 3.59. The number of H-pyrrole nitrogens is 1. The molecule has 0 fully saturated rings. The van der Waals surface area contributed by atoms with E-state index in [1.807, 2.05) is 0 Å². The Bertz CT molecular complexity index is 542. The van der Waals surface area contributed by atoms with E-state index in [2.05, 4.69) is 50.0 Å². The van der Waals surface area contributed by atoms with Gasteiger partial charge in [0, 0.05) is 16.6 Å². The highest BCUT2D eigenvalue weighted by molar-refractivity contribution is 5.84. The molecule has 0 radical (unpaired) electrons. The Morgan fingerprint density at radius 3 is 2.71 bits per heavy atom. The lowest BCUT2D eigenvalue weighted by atomic mass is 9.71. The molecule has 1 aromatic carbocycles. The predicted octanol–water partition coefficient (Wildman–Crippen LogP) is 4.32. The van der Waals surface area contributed by atoms with Gasteiger partial charge in [-0.1, -0.05) is 39.0 Å². The SMILES string of the molecule is CC(C)(C)[C@H]1CCc2[nH]c3ccccc3c2C1. The van der Waals surface area contributed by atoms with Crippen molar-refractivity contribution in [1.82, 2.24) is 4.98 Å². The average molecular weight is 227 g/mol. The molecule has 0 spiro atoms. The summed E-state index contributed by atoms with van der Waals surface area (Å²) in [7, 11) is 0. The minimum absolute atomic E-state index is 0.427. The number of nitrogens with one attached hydrogen (secondary N) is 1. The fourth-order valence-corrected chi connectivity index (χ4v) is 3.11. The summed E-state index contributed by atoms with van der Waals surface area (Å²) in [5.41, 5.74) is 4.79. The number of aromatic amines is 1. The normalized spacial score (nSPS) is 20.5. The lowest BCUT2D eigenvalue weighted by Gasteiger charge is -2.34. The van der Waals surface area contributed by atoms with E-state index in [9.17, 15) is 0 Å². The number of fused-ring (bicyclic) bond motifs is 3. The molecular formula is C16H21N. The van der Waals surface area contributed by atoms with Crippen molar-refractivity contribution in [2.75, 3.05) is 0 Å². The molecule has 1 N–H and O–H groups in total. The summed E-state index contributed by atoms with van der Waals surface area (Å²) in [6.45, 7) is 7.12. The first-order chi connectivity index (χ1) is 8.05. The molecule has 1 aliphatic rings. The van der Waals surface area contributed by atoms with Crippen molar-refractivity contribution in [3.05, 3.63) is 35.5 Å². The highest BCUT2D eigenvalue weighted by atomic mass is 14.7. The van der Waals surface area contributed by atoms with Crippen LogP contribution >= 0.6 is 0 Å². The monoisotopic (exact) mass is 227 g/mol. The molecule has 0 unspecified atom stereocenters. The molecule has 0 bridgehead atoms. The summed E-state index contributed by atoms with van der Waals surface area (Å²) in [5.74, 6) is 0.814. The van der Waals surface area contributed by atoms with Crippen molar-refractivity contribution in [2.24, 2.45) is 11.3 Å². The molecule has 1 heterocycles. The zero-order valence-electron chi connectivity index (χ0n) is 11.0. The van der Waals surface area contributed by atoms with Crippen LogP contribution in [0.15, 0.2) is 24.3 Å². The van der Waals surface area contributed by atoms with Crippen molar-refractivity contribution < 1.29 is 0 Å². The zero-order chi connectivity index (χ0) is 12.0. The van der Waals surface area contributed by atoms with Crippen LogP contribution in [0.3, 0.4) is 0 Å². The van der Waals surface area contributed by atoms with Gasteiger partial charge in [-0.3, -0.25) is 0 Å². The molecule has 0 saturated heterocycles. The quantitative estimate of drug-likeness (QED) is 0.690. The number of benzene rings is 1. The van der Waals surface area contributed by atoms with Gasteiger partial charge in [0.1, 0.15) is 0 Å². The van der Waals surface area contributed by atoms with Gasteiger partial charge >= 0.3 is 0 Å². The van der Waals surface area contributed by atoms with Crippen LogP contribution < -0.4 is 0 Å². The largest absolute Gasteiger partial charge is 0.358 e. The second kappa shape index (κ2) is 3.63. The topological polar surface area (TPSA) is 15.8 Å². The Morgan fingerprint density at radius 1 is 1.18 bits per heavy atom. The summed E-state index contributed by atoms with van der Waals surface area (Å²) in [6, 6.07) is 8.72. The van der Waals surface area contributed by atoms with Gasteiger partial charge in [-0.2, -0.15) is 0 Å². The van der Waals surface area contributed by atoms with Gasteiger partial charge in [0.05, 0.1) is 0 Å². The van der Waals surface area contributed by atoms with Gasteiger partial charge in [0.15, 0.2) is 0 Å². The number of rotatable bonds is 0. The molecule has 1 nitrogen and oxygen atoms in total. The molecule has 1 aliphatic carbocycles. The third-order valence-corrected chi connectivity index (χ3v) is 4.32. The molecule has 0 amide bonds. The highest BCUT2D eigenvalue weighted by Gasteiger charge is 2.30. The van der Waals surface area contributed by atoms with E-state index in [-0.39, 0.29) is 0 Å². The highest BCUT2D eigenvalue weighted by Crippen LogP contribution is 2.39. The van der Waals surface area contributed by atoms with Crippen molar-refractivity contribution in [1.29, 1.82) is 0 Å². The third-order valence-electron chi connectivity index (χ3n) is 4.32. The van der Waals surface area contributed by atoms with Crippen LogP contribution in [-0.2, 0) is 12.8 Å². The lowest BCUT2D eigenvalue weighted by Crippen LogP contribution is -2.26. The number of para-hydroxylation sites is 1. The number of aryl methyl sites for hydroxylation is 1. The van der Waals surface area contributed by atoms with Gasteiger partial charge in [0.2, 0.25) is 0 Å². The second-order valence-corrected chi connectivity index (χ2v) is 6.43. The summed E-state index contributed by atoms with van der Waals surface area (Å²) >= 11 is 0. The van der Waals surface area contributed by atoms with Crippen LogP contribution in [0.2, 0.25) is 0 Å². The number of hydrogen-bond donors (Lipinski definition) is 1. The Morgan fingerprint density at radius 2 is 1.94 bits per heavy atom. The molecule has 1 heteroatoms. The molecule has 90 valence electrons. The van der Waals surface area contributed by atoms with Crippen molar-refractivity contribution in [2.45, 2.75) is 40.0 Å². The molecular weight excluding hydrogens is 206 g/mol. The van der Waals surface area contributed by atoms with E-state index in [1.54, 1.807) is 5.56 Å². The fraction of sp³-hybridized carbons (Fsp3) is 0.500. The first-order valence-electron chi connectivity index (χ1n) is 6.64. The molecule has 0 saturated carbocycles. The first kappa shape index (κ1) is 10.9. The third kappa shape index (κ3) is 1.78. The Kier molecular flexibility index (Phi) is 2.32. The molecule has 1 aromatic heterocycles. The Hall–Kier alpha value is -1.24. The van der Waals surface area contributed by atoms with Crippen LogP contribution in [0.25, 0.3) is 10.9 Å². The summed E-state index contributed by atoms with van der Waals surface area (Å²) in [6.07, 6.45) is 3.78. The second-order valence-electron chi connectivity index (χ2n) is 6.43. The van der Waals surface area contributed by atoms with Gasteiger partial charge in [-0.05, 0) is 42.2 Å². The first-order valence-corrected chi connectivity index (χ1v) is 6.64. The van der Waals surface area contributed by atoms with E-state index in [0.717, 1.165) is 5.92 Å². The summed E-state index contributed by atoms with van der Waals surface area (Å²) in [5, 5.41) is 1.44. The maximum absolute atomic E-state index is 3.59. The van der Waals surface area contributed by atoms with Crippen LogP contribution in [0.4, 0.5) is 0 Å². The predicted molar refractivity (Wildman–Crippen MR) is 73.3 cm³/mol. The Balaban J connectivity index is 2.06. The minimum atomic E-state index is 0.427. The van der Waals surface area contributed by atoms with Gasteiger partial charge in [-0.15, -0.1) is 0 Å². The molecule has 3 rings (SSSR count). The van der Waals surface area contributed by atoms with E-state index < -0.39 is 0 Å². The van der Waals surface area contributed by atoms with Crippen molar-refractivity contribution in [3.63, 3.8) is 0 Å². The molecule has 0 aliphatic heterocycles. The Labute approximate surface area is 103 Å². The standard InChI is InChI=1S/C16H21N/c1-16(2,3)11-8-9-15-13(10-11)12-6-4-5-7-14(12)17-15/h4-7,11,17H,8-10H2,1-3H3/t11-/m0/s1. The molecule has 1 atom stereocenters. The van der Waals surface area contributed by atoms with Gasteiger partial charge in [0.25, 0.3) is 0 Å². The zero-order valence-corrected chi connectivity index (χ0v) is 11.0.